The van der Waals surface area contributed by atoms with Crippen LogP contribution in [0, 0.1) is 11.3 Å². The van der Waals surface area contributed by atoms with Crippen LogP contribution in [0.2, 0.25) is 0 Å². The van der Waals surface area contributed by atoms with Crippen LogP contribution >= 0.6 is 14.1 Å². The van der Waals surface area contributed by atoms with E-state index in [-0.39, 0.29) is 11.6 Å². The number of carbonyl (C=O) groups is 2. The van der Waals surface area contributed by atoms with Crippen LogP contribution in [0.3, 0.4) is 0 Å². The number of hydrogen-bond donors (Lipinski definition) is 0. The van der Waals surface area contributed by atoms with Crippen molar-refractivity contribution in [2.24, 2.45) is 11.3 Å². The second-order valence-electron chi connectivity index (χ2n) is 19.6. The van der Waals surface area contributed by atoms with Crippen molar-refractivity contribution in [1.29, 1.82) is 0 Å². The lowest BCUT2D eigenvalue weighted by molar-refractivity contribution is -0.139. The van der Waals surface area contributed by atoms with Gasteiger partial charge in [0.2, 0.25) is 0 Å². The molecule has 2 nitrogen and oxygen atoms in total. The molecule has 3 atom stereocenters. The van der Waals surface area contributed by atoms with Gasteiger partial charge in [-0.3, -0.25) is 9.59 Å². The van der Waals surface area contributed by atoms with E-state index in [4.69, 9.17) is 0 Å². The molecule has 3 aliphatic rings. The zero-order valence-electron chi connectivity index (χ0n) is 40.7. The summed E-state index contributed by atoms with van der Waals surface area (Å²) >= 11 is 0. The van der Waals surface area contributed by atoms with Gasteiger partial charge in [0.15, 0.2) is 17.2 Å². The molecule has 2 bridgehead atoms. The number of ketones is 2. The Morgan fingerprint density at radius 1 is 0.397 bits per heavy atom. The quantitative estimate of drug-likeness (QED) is 0.108. The minimum absolute atomic E-state index is 0.0147. The predicted octanol–water partition coefficient (Wildman–Crippen LogP) is 13.0. The molecule has 0 saturated heterocycles. The molecular weight excluding hydrogens is 923 g/mol. The lowest BCUT2D eigenvalue weighted by Gasteiger charge is -2.57. The summed E-state index contributed by atoms with van der Waals surface area (Å²) in [5.74, 6) is -1.61. The van der Waals surface area contributed by atoms with Gasteiger partial charge in [0.1, 0.15) is 23.2 Å². The highest BCUT2D eigenvalue weighted by Crippen LogP contribution is 2.73. The normalized spacial score (nSPS) is 18.2. The van der Waals surface area contributed by atoms with Gasteiger partial charge in [0, 0.05) is 28.6 Å². The van der Waals surface area contributed by atoms with E-state index in [9.17, 15) is 0 Å². The van der Waals surface area contributed by atoms with Crippen molar-refractivity contribution < 1.29 is 9.59 Å². The maximum absolute atomic E-state index is 18.2. The average Bonchev–Trinajstić information content (AvgIpc) is 3.48. The standard InChI is InChI=1S/C69H55O2P2/c1-69(68(71)67(51-32-12-3-13-33-51)73(55-40-20-7-21-41-55,56-42-22-8-23-43-56)57-44-24-9-25-45-57)63-60-48-28-26-46-58(60)62(59-47-27-29-49-61(59)63)64(69)65(70)66(50-30-10-2-11-31-50)72(52-34-14-4-15-35-52,53-36-16-5-17-37-53)54-38-18-6-19-39-54/h2-49,62-64,67H,1H3/q+1. The maximum Gasteiger partial charge on any atom is 0.186 e. The Bertz CT molecular complexity index is 3380. The molecule has 0 radical (unpaired) electrons. The lowest BCUT2D eigenvalue weighted by atomic mass is 9.45. The fourth-order valence-electron chi connectivity index (χ4n) is 13.1. The molecule has 0 aliphatic heterocycles. The smallest absolute Gasteiger partial charge is 0.186 e. The molecule has 3 aliphatic carbocycles. The molecule has 0 amide bonds. The van der Waals surface area contributed by atoms with Gasteiger partial charge < -0.3 is 0 Å². The SMILES string of the molecule is CC1(C(=O)C(c2ccccc2)[P+](c2ccccc2)(c2ccccc2)c2ccccc2)C2c3ccccc3C(c3ccccc32)C1C(=O)C(c1ccccc1)=P(c1ccccc1)(c1ccccc1)c1ccccc1. The Morgan fingerprint density at radius 3 is 1.10 bits per heavy atom. The first-order valence-corrected chi connectivity index (χ1v) is 29.0. The molecule has 0 aromatic heterocycles. The van der Waals surface area contributed by atoms with Crippen molar-refractivity contribution >= 4 is 62.8 Å². The minimum atomic E-state index is -3.08. The highest BCUT2D eigenvalue weighted by atomic mass is 31.2. The second-order valence-corrected chi connectivity index (χ2v) is 26.4. The summed E-state index contributed by atoms with van der Waals surface area (Å²) in [4.78, 5) is 36.3. The van der Waals surface area contributed by atoms with Crippen molar-refractivity contribution in [1.82, 2.24) is 0 Å². The largest absolute Gasteiger partial charge is 0.294 e. The van der Waals surface area contributed by atoms with Gasteiger partial charge in [-0.15, -0.1) is 0 Å². The first-order valence-electron chi connectivity index (χ1n) is 25.4. The molecule has 4 heteroatoms. The summed E-state index contributed by atoms with van der Waals surface area (Å²) in [6.45, 7) is -0.883. The molecule has 0 fully saturated rings. The monoisotopic (exact) mass is 977 g/mol. The summed E-state index contributed by atoms with van der Waals surface area (Å²) in [5.41, 5.74) is 4.31. The second kappa shape index (κ2) is 19.4. The van der Waals surface area contributed by atoms with E-state index in [0.29, 0.717) is 0 Å². The Hall–Kier alpha value is -7.73. The molecule has 73 heavy (non-hydrogen) atoms. The number of fused-ring (bicyclic) bond motifs is 1. The first-order chi connectivity index (χ1) is 36.0. The van der Waals surface area contributed by atoms with Crippen LogP contribution < -0.4 is 31.8 Å². The van der Waals surface area contributed by atoms with Crippen molar-refractivity contribution in [3.05, 3.63) is 325 Å². The number of Topliss-reactive ketones (excluding diaryl/α,β-unsaturated/α-hetero) is 2. The van der Waals surface area contributed by atoms with Crippen LogP contribution in [0.4, 0.5) is 0 Å². The van der Waals surface area contributed by atoms with E-state index in [1.165, 1.54) is 0 Å². The molecule has 0 saturated carbocycles. The number of hydrogen-bond acceptors (Lipinski definition) is 2. The molecular formula is C69H55O2P2+. The minimum Gasteiger partial charge on any atom is -0.294 e. The van der Waals surface area contributed by atoms with Gasteiger partial charge in [0.25, 0.3) is 0 Å². The zero-order chi connectivity index (χ0) is 49.4. The van der Waals surface area contributed by atoms with Crippen LogP contribution in [0.15, 0.2) is 291 Å². The maximum atomic E-state index is 18.2. The van der Waals surface area contributed by atoms with Crippen LogP contribution in [0.5, 0.6) is 0 Å². The third kappa shape index (κ3) is 7.34. The van der Waals surface area contributed by atoms with E-state index < -0.39 is 43.0 Å². The topological polar surface area (TPSA) is 34.1 Å². The Kier molecular flexibility index (Phi) is 12.3. The molecule has 352 valence electrons. The third-order valence-corrected chi connectivity index (χ3v) is 25.0. The van der Waals surface area contributed by atoms with E-state index in [0.717, 1.165) is 70.5 Å². The molecule has 13 rings (SSSR count). The Balaban J connectivity index is 1.25. The molecule has 10 aromatic carbocycles. The van der Waals surface area contributed by atoms with Crippen molar-refractivity contribution in [2.75, 3.05) is 0 Å². The first kappa shape index (κ1) is 46.3. The van der Waals surface area contributed by atoms with Crippen molar-refractivity contribution in [3.8, 4) is 0 Å². The van der Waals surface area contributed by atoms with Gasteiger partial charge in [-0.05, 0) is 87.0 Å². The van der Waals surface area contributed by atoms with Crippen LogP contribution in [-0.4, -0.2) is 16.9 Å². The van der Waals surface area contributed by atoms with Gasteiger partial charge in [-0.2, -0.15) is 0 Å². The Labute approximate surface area is 430 Å². The highest BCUT2D eigenvalue weighted by molar-refractivity contribution is 7.97. The van der Waals surface area contributed by atoms with E-state index in [2.05, 4.69) is 286 Å². The zero-order valence-corrected chi connectivity index (χ0v) is 42.5. The van der Waals surface area contributed by atoms with E-state index >= 15 is 9.59 Å². The summed E-state index contributed by atoms with van der Waals surface area (Å²) in [6.07, 6.45) is 0. The van der Waals surface area contributed by atoms with E-state index in [1.54, 1.807) is 0 Å². The molecule has 0 heterocycles. The van der Waals surface area contributed by atoms with Crippen molar-refractivity contribution in [2.45, 2.75) is 24.4 Å². The molecule has 0 N–H and O–H groups in total. The van der Waals surface area contributed by atoms with Crippen LogP contribution in [0.1, 0.15) is 57.8 Å². The van der Waals surface area contributed by atoms with E-state index in [1.807, 2.05) is 12.1 Å². The number of benzene rings is 10. The highest BCUT2D eigenvalue weighted by Gasteiger charge is 2.68. The van der Waals surface area contributed by atoms with Gasteiger partial charge in [0.05, 0.1) is 5.41 Å². The fraction of sp³-hybridized carbons (Fsp3) is 0.0870. The van der Waals surface area contributed by atoms with Crippen LogP contribution in [-0.2, 0) is 9.59 Å². The summed E-state index contributed by atoms with van der Waals surface area (Å²) in [5, 5.41) is 7.34. The lowest BCUT2D eigenvalue weighted by Crippen LogP contribution is -2.58. The molecule has 0 spiro atoms. The Morgan fingerprint density at radius 2 is 0.712 bits per heavy atom. The van der Waals surface area contributed by atoms with Gasteiger partial charge in [-0.1, -0.05) is 262 Å². The molecule has 3 unspecified atom stereocenters. The molecule has 10 aromatic rings. The summed E-state index contributed by atoms with van der Waals surface area (Å²) < 4.78 is 0. The number of rotatable bonds is 13. The van der Waals surface area contributed by atoms with Crippen LogP contribution in [0.25, 0.3) is 0 Å². The van der Waals surface area contributed by atoms with Gasteiger partial charge >= 0.3 is 0 Å². The summed E-state index contributed by atoms with van der Waals surface area (Å²) in [7, 11) is -3.02. The summed E-state index contributed by atoms with van der Waals surface area (Å²) in [6, 6.07) is 103. The third-order valence-electron chi connectivity index (χ3n) is 16.0. The predicted molar refractivity (Wildman–Crippen MR) is 308 cm³/mol. The van der Waals surface area contributed by atoms with Crippen molar-refractivity contribution in [3.63, 3.8) is 0 Å². The number of carbonyl (C=O) groups excluding carboxylic acids is 2. The van der Waals surface area contributed by atoms with Gasteiger partial charge in [-0.25, -0.2) is 0 Å². The fourth-order valence-corrected chi connectivity index (χ4v) is 22.6. The average molecular weight is 978 g/mol.